The molecular formula is C21H32ClSi3. The van der Waals surface area contributed by atoms with Gasteiger partial charge in [-0.05, 0) is 13.8 Å². The van der Waals surface area contributed by atoms with Gasteiger partial charge >= 0.3 is 0 Å². The SMILES string of the molecule is Cc1cc([Si](CCl)c2cc(C)cc([Si](C)(C)C)c2)cc([Si](C)(C)C)c1. The Morgan fingerprint density at radius 2 is 1.04 bits per heavy atom. The summed E-state index contributed by atoms with van der Waals surface area (Å²) in [5.74, 6) is 0. The Bertz CT molecular complexity index is 691. The summed E-state index contributed by atoms with van der Waals surface area (Å²) in [6.07, 6.45) is 0. The first-order chi connectivity index (χ1) is 11.4. The minimum atomic E-state index is -1.33. The number of hydrogen-bond acceptors (Lipinski definition) is 0. The maximum absolute atomic E-state index is 6.54. The lowest BCUT2D eigenvalue weighted by Gasteiger charge is -2.23. The molecule has 0 aliphatic heterocycles. The molecule has 2 rings (SSSR count). The average Bonchev–Trinajstić information content (AvgIpc) is 2.45. The van der Waals surface area contributed by atoms with E-state index in [1.807, 2.05) is 0 Å². The lowest BCUT2D eigenvalue weighted by molar-refractivity contribution is 1.49. The van der Waals surface area contributed by atoms with E-state index >= 15 is 0 Å². The lowest BCUT2D eigenvalue weighted by Crippen LogP contribution is -2.50. The van der Waals surface area contributed by atoms with Gasteiger partial charge in [-0.25, -0.2) is 0 Å². The summed E-state index contributed by atoms with van der Waals surface area (Å²) in [5.41, 5.74) is 3.48. The smallest absolute Gasteiger partial charge is 0.130 e. The Morgan fingerprint density at radius 3 is 1.32 bits per heavy atom. The van der Waals surface area contributed by atoms with Crippen molar-refractivity contribution in [3.05, 3.63) is 47.5 Å². The van der Waals surface area contributed by atoms with Gasteiger partial charge in [0.2, 0.25) is 0 Å². The van der Waals surface area contributed by atoms with E-state index in [1.165, 1.54) is 21.5 Å². The topological polar surface area (TPSA) is 0 Å². The zero-order valence-corrected chi connectivity index (χ0v) is 20.8. The van der Waals surface area contributed by atoms with Gasteiger partial charge in [0.05, 0.1) is 16.1 Å². The van der Waals surface area contributed by atoms with Gasteiger partial charge in [0.25, 0.3) is 0 Å². The molecule has 2 aromatic rings. The van der Waals surface area contributed by atoms with Gasteiger partial charge in [-0.1, -0.05) is 108 Å². The van der Waals surface area contributed by atoms with Crippen molar-refractivity contribution in [1.29, 1.82) is 0 Å². The van der Waals surface area contributed by atoms with Crippen molar-refractivity contribution < 1.29 is 0 Å². The summed E-state index contributed by atoms with van der Waals surface area (Å²) in [4.78, 5) is 0. The van der Waals surface area contributed by atoms with Crippen LogP contribution < -0.4 is 20.7 Å². The van der Waals surface area contributed by atoms with Crippen LogP contribution >= 0.6 is 11.6 Å². The predicted octanol–water partition coefficient (Wildman–Crippen LogP) is 3.78. The van der Waals surface area contributed by atoms with Crippen LogP contribution in [0.15, 0.2) is 36.4 Å². The first-order valence-corrected chi connectivity index (χ1v) is 18.3. The summed E-state index contributed by atoms with van der Waals surface area (Å²) >= 11 is 6.54. The molecule has 2 aromatic carbocycles. The maximum atomic E-state index is 6.54. The Labute approximate surface area is 163 Å². The Morgan fingerprint density at radius 1 is 0.680 bits per heavy atom. The van der Waals surface area contributed by atoms with Crippen molar-refractivity contribution >= 4 is 57.3 Å². The van der Waals surface area contributed by atoms with E-state index in [0.29, 0.717) is 0 Å². The number of halogens is 1. The molecule has 1 radical (unpaired) electrons. The number of hydrogen-bond donors (Lipinski definition) is 0. The predicted molar refractivity (Wildman–Crippen MR) is 124 cm³/mol. The normalized spacial score (nSPS) is 12.7. The van der Waals surface area contributed by atoms with E-state index in [9.17, 15) is 0 Å². The number of rotatable bonds is 5. The molecule has 0 N–H and O–H groups in total. The molecule has 0 aliphatic carbocycles. The van der Waals surface area contributed by atoms with E-state index < -0.39 is 24.9 Å². The molecule has 0 spiro atoms. The second-order valence-electron chi connectivity index (χ2n) is 9.29. The van der Waals surface area contributed by atoms with Gasteiger partial charge in [-0.2, -0.15) is 0 Å². The van der Waals surface area contributed by atoms with Gasteiger partial charge in [-0.3, -0.25) is 0 Å². The van der Waals surface area contributed by atoms with Crippen molar-refractivity contribution in [2.24, 2.45) is 0 Å². The second kappa shape index (κ2) is 7.55. The fraction of sp³-hybridized carbons (Fsp3) is 0.429. The first kappa shape index (κ1) is 20.7. The van der Waals surface area contributed by atoms with Gasteiger partial charge in [0.1, 0.15) is 8.80 Å². The van der Waals surface area contributed by atoms with Crippen LogP contribution in [0.5, 0.6) is 0 Å². The van der Waals surface area contributed by atoms with Crippen molar-refractivity contribution in [3.8, 4) is 0 Å². The highest BCUT2D eigenvalue weighted by Gasteiger charge is 2.24. The summed E-state index contributed by atoms with van der Waals surface area (Å²) < 4.78 is 0. The third kappa shape index (κ3) is 5.19. The van der Waals surface area contributed by atoms with Crippen LogP contribution in [0.3, 0.4) is 0 Å². The highest BCUT2D eigenvalue weighted by Crippen LogP contribution is 2.07. The fourth-order valence-electron chi connectivity index (χ4n) is 3.10. The minimum absolute atomic E-state index is 0.730. The van der Waals surface area contributed by atoms with Crippen LogP contribution in [-0.2, 0) is 0 Å². The minimum Gasteiger partial charge on any atom is -0.130 e. The summed E-state index contributed by atoms with van der Waals surface area (Å²) in [6.45, 7) is 19.0. The summed E-state index contributed by atoms with van der Waals surface area (Å²) in [5, 5.41) is 6.05. The van der Waals surface area contributed by atoms with E-state index in [-0.39, 0.29) is 0 Å². The largest absolute Gasteiger partial charge is 0.136 e. The quantitative estimate of drug-likeness (QED) is 0.526. The molecule has 0 unspecified atom stereocenters. The third-order valence-corrected chi connectivity index (χ3v) is 11.8. The molecule has 0 bridgehead atoms. The lowest BCUT2D eigenvalue weighted by atomic mass is 10.2. The molecular weight excluding hydrogens is 372 g/mol. The zero-order chi connectivity index (χ0) is 19.0. The monoisotopic (exact) mass is 403 g/mol. The van der Waals surface area contributed by atoms with Crippen LogP contribution in [0, 0.1) is 13.8 Å². The standard InChI is InChI=1S/C21H32ClSi3/c1-16-9-18(13-20(11-16)24(3,4)5)23(15-22)19-10-17(2)12-21(14-19)25(6,7)8/h9-14H,15H2,1-8H3. The van der Waals surface area contributed by atoms with E-state index in [2.05, 4.69) is 89.5 Å². The molecule has 25 heavy (non-hydrogen) atoms. The van der Waals surface area contributed by atoms with Crippen LogP contribution in [0.2, 0.25) is 39.3 Å². The van der Waals surface area contributed by atoms with Gasteiger partial charge in [0, 0.05) is 5.50 Å². The van der Waals surface area contributed by atoms with E-state index in [0.717, 1.165) is 5.50 Å². The van der Waals surface area contributed by atoms with E-state index in [1.54, 1.807) is 10.4 Å². The Kier molecular flexibility index (Phi) is 6.25. The van der Waals surface area contributed by atoms with Gasteiger partial charge < -0.3 is 0 Å². The molecule has 0 aromatic heterocycles. The van der Waals surface area contributed by atoms with Gasteiger partial charge in [0.15, 0.2) is 0 Å². The van der Waals surface area contributed by atoms with Crippen LogP contribution in [0.25, 0.3) is 0 Å². The van der Waals surface area contributed by atoms with Crippen molar-refractivity contribution in [2.45, 2.75) is 53.1 Å². The summed E-state index contributed by atoms with van der Waals surface area (Å²) in [6, 6.07) is 14.4. The van der Waals surface area contributed by atoms with Crippen molar-refractivity contribution in [1.82, 2.24) is 0 Å². The molecule has 135 valence electrons. The molecule has 0 saturated carbocycles. The maximum Gasteiger partial charge on any atom is 0.136 e. The van der Waals surface area contributed by atoms with Crippen LogP contribution in [0.4, 0.5) is 0 Å². The average molecular weight is 404 g/mol. The molecule has 0 saturated heterocycles. The Balaban J connectivity index is 2.58. The molecule has 0 aliphatic rings. The van der Waals surface area contributed by atoms with Crippen molar-refractivity contribution in [3.63, 3.8) is 0 Å². The van der Waals surface area contributed by atoms with Crippen LogP contribution in [-0.4, -0.2) is 30.4 Å². The van der Waals surface area contributed by atoms with Crippen molar-refractivity contribution in [2.75, 3.05) is 5.50 Å². The Hall–Kier alpha value is -0.619. The molecule has 0 fully saturated rings. The summed E-state index contributed by atoms with van der Waals surface area (Å²) in [7, 11) is -3.59. The molecule has 0 atom stereocenters. The molecule has 0 amide bonds. The third-order valence-electron chi connectivity index (χ3n) is 4.72. The van der Waals surface area contributed by atoms with Crippen LogP contribution in [0.1, 0.15) is 11.1 Å². The highest BCUT2D eigenvalue weighted by atomic mass is 35.5. The van der Waals surface area contributed by atoms with Gasteiger partial charge in [-0.15, -0.1) is 11.6 Å². The molecule has 0 nitrogen and oxygen atoms in total. The first-order valence-electron chi connectivity index (χ1n) is 9.08. The number of aryl methyl sites for hydroxylation is 2. The van der Waals surface area contributed by atoms with E-state index in [4.69, 9.17) is 11.6 Å². The number of alkyl halides is 1. The highest BCUT2D eigenvalue weighted by molar-refractivity contribution is 6.93. The molecule has 4 heteroatoms. The fourth-order valence-corrected chi connectivity index (χ4v) is 8.92. The molecule has 0 heterocycles. The number of benzene rings is 2. The zero-order valence-electron chi connectivity index (χ0n) is 17.0. The second-order valence-corrected chi connectivity index (χ2v) is 22.6.